The molecule has 1 amide bonds. The van der Waals surface area contributed by atoms with Gasteiger partial charge in [0, 0.05) is 17.8 Å². The second kappa shape index (κ2) is 7.04. The lowest BCUT2D eigenvalue weighted by Gasteiger charge is -2.17. The van der Waals surface area contributed by atoms with Crippen molar-refractivity contribution in [1.82, 2.24) is 20.2 Å². The number of nitrogens with zero attached hydrogens (tertiary/aromatic N) is 5. The van der Waals surface area contributed by atoms with Gasteiger partial charge in [-0.05, 0) is 66.2 Å². The first-order valence-electron chi connectivity index (χ1n) is 8.71. The standard InChI is InChI=1S/C18H18N6O3S/c1-13-20-21-22-24(13)17-5-2-4-15(12-17)19-18(25)14-6-8-16(9-7-14)23-10-3-11-28(23,26)27/h2,4-9,12H,3,10-11H2,1H3,(H,19,25). The van der Waals surface area contributed by atoms with Gasteiger partial charge < -0.3 is 5.32 Å². The van der Waals surface area contributed by atoms with Crippen molar-refractivity contribution in [2.75, 3.05) is 21.9 Å². The van der Waals surface area contributed by atoms with Crippen molar-refractivity contribution < 1.29 is 13.2 Å². The topological polar surface area (TPSA) is 110 Å². The maximum absolute atomic E-state index is 12.5. The lowest BCUT2D eigenvalue weighted by atomic mass is 10.2. The minimum absolute atomic E-state index is 0.159. The largest absolute Gasteiger partial charge is 0.322 e. The normalized spacial score (nSPS) is 15.5. The molecule has 10 heteroatoms. The predicted octanol–water partition coefficient (Wildman–Crippen LogP) is 1.76. The molecule has 1 fully saturated rings. The van der Waals surface area contributed by atoms with Gasteiger partial charge in [-0.25, -0.2) is 8.42 Å². The molecule has 0 radical (unpaired) electrons. The van der Waals surface area contributed by atoms with Crippen molar-refractivity contribution in [3.8, 4) is 5.69 Å². The van der Waals surface area contributed by atoms with Crippen LogP contribution in [-0.2, 0) is 10.0 Å². The van der Waals surface area contributed by atoms with Crippen LogP contribution in [0.1, 0.15) is 22.6 Å². The molecule has 0 aliphatic carbocycles. The molecule has 0 spiro atoms. The van der Waals surface area contributed by atoms with Crippen molar-refractivity contribution in [2.24, 2.45) is 0 Å². The van der Waals surface area contributed by atoms with Gasteiger partial charge in [-0.1, -0.05) is 6.07 Å². The van der Waals surface area contributed by atoms with E-state index < -0.39 is 10.0 Å². The number of sulfonamides is 1. The Kier molecular flexibility index (Phi) is 4.55. The number of tetrazole rings is 1. The van der Waals surface area contributed by atoms with E-state index in [2.05, 4.69) is 20.8 Å². The zero-order valence-corrected chi connectivity index (χ0v) is 15.9. The van der Waals surface area contributed by atoms with E-state index in [0.29, 0.717) is 35.7 Å². The van der Waals surface area contributed by atoms with Crippen LogP contribution in [0, 0.1) is 6.92 Å². The molecule has 1 aliphatic rings. The molecule has 1 N–H and O–H groups in total. The Morgan fingerprint density at radius 3 is 2.54 bits per heavy atom. The zero-order valence-electron chi connectivity index (χ0n) is 15.1. The van der Waals surface area contributed by atoms with Crippen LogP contribution >= 0.6 is 0 Å². The Hall–Kier alpha value is -3.27. The highest BCUT2D eigenvalue weighted by atomic mass is 32.2. The summed E-state index contributed by atoms with van der Waals surface area (Å²) in [4.78, 5) is 12.5. The van der Waals surface area contributed by atoms with Crippen molar-refractivity contribution in [3.63, 3.8) is 0 Å². The second-order valence-corrected chi connectivity index (χ2v) is 8.44. The smallest absolute Gasteiger partial charge is 0.255 e. The van der Waals surface area contributed by atoms with E-state index in [9.17, 15) is 13.2 Å². The van der Waals surface area contributed by atoms with Gasteiger partial charge in [0.1, 0.15) is 0 Å². The van der Waals surface area contributed by atoms with E-state index in [1.165, 1.54) is 4.31 Å². The van der Waals surface area contributed by atoms with Crippen LogP contribution in [0.2, 0.25) is 0 Å². The van der Waals surface area contributed by atoms with E-state index in [0.717, 1.165) is 5.69 Å². The lowest BCUT2D eigenvalue weighted by Crippen LogP contribution is -2.25. The summed E-state index contributed by atoms with van der Waals surface area (Å²) >= 11 is 0. The van der Waals surface area contributed by atoms with Gasteiger partial charge in [-0.15, -0.1) is 5.10 Å². The summed E-state index contributed by atoms with van der Waals surface area (Å²) in [6.45, 7) is 2.25. The average Bonchev–Trinajstić information content (AvgIpc) is 3.26. The highest BCUT2D eigenvalue weighted by Crippen LogP contribution is 2.24. The van der Waals surface area contributed by atoms with E-state index in [-0.39, 0.29) is 11.7 Å². The van der Waals surface area contributed by atoms with Crippen molar-refractivity contribution >= 4 is 27.3 Å². The molecule has 1 saturated heterocycles. The molecule has 2 aromatic carbocycles. The van der Waals surface area contributed by atoms with Gasteiger partial charge in [0.15, 0.2) is 5.82 Å². The van der Waals surface area contributed by atoms with Crippen LogP contribution < -0.4 is 9.62 Å². The summed E-state index contributed by atoms with van der Waals surface area (Å²) in [5, 5.41) is 14.2. The minimum Gasteiger partial charge on any atom is -0.322 e. The third-order valence-corrected chi connectivity index (χ3v) is 6.36. The maximum atomic E-state index is 12.5. The molecule has 1 aliphatic heterocycles. The maximum Gasteiger partial charge on any atom is 0.255 e. The zero-order chi connectivity index (χ0) is 19.7. The number of carbonyl (C=O) groups is 1. The fourth-order valence-corrected chi connectivity index (χ4v) is 4.66. The summed E-state index contributed by atoms with van der Waals surface area (Å²) in [5.41, 5.74) is 2.34. The van der Waals surface area contributed by atoms with Crippen LogP contribution in [0.3, 0.4) is 0 Å². The molecule has 144 valence electrons. The summed E-state index contributed by atoms with van der Waals surface area (Å²) in [6.07, 6.45) is 0.613. The molecule has 3 aromatic rings. The monoisotopic (exact) mass is 398 g/mol. The Bertz CT molecular complexity index is 1120. The number of rotatable bonds is 4. The van der Waals surface area contributed by atoms with E-state index in [1.54, 1.807) is 54.1 Å². The Balaban J connectivity index is 1.51. The molecule has 0 saturated carbocycles. The van der Waals surface area contributed by atoms with Gasteiger partial charge in [0.25, 0.3) is 5.91 Å². The Morgan fingerprint density at radius 1 is 1.11 bits per heavy atom. The van der Waals surface area contributed by atoms with Gasteiger partial charge in [-0.2, -0.15) is 4.68 Å². The quantitative estimate of drug-likeness (QED) is 0.717. The molecule has 0 unspecified atom stereocenters. The van der Waals surface area contributed by atoms with Crippen LogP contribution in [0.4, 0.5) is 11.4 Å². The SMILES string of the molecule is Cc1nnnn1-c1cccc(NC(=O)c2ccc(N3CCCS3(=O)=O)cc2)c1. The minimum atomic E-state index is -3.24. The highest BCUT2D eigenvalue weighted by Gasteiger charge is 2.28. The molecule has 2 heterocycles. The molecule has 28 heavy (non-hydrogen) atoms. The summed E-state index contributed by atoms with van der Waals surface area (Å²) in [6, 6.07) is 13.7. The van der Waals surface area contributed by atoms with Crippen LogP contribution in [-0.4, -0.2) is 46.8 Å². The third-order valence-electron chi connectivity index (χ3n) is 4.49. The summed E-state index contributed by atoms with van der Waals surface area (Å²) < 4.78 is 27.0. The van der Waals surface area contributed by atoms with Crippen molar-refractivity contribution in [1.29, 1.82) is 0 Å². The van der Waals surface area contributed by atoms with E-state index in [4.69, 9.17) is 0 Å². The number of carbonyl (C=O) groups excluding carboxylic acids is 1. The number of amides is 1. The number of aryl methyl sites for hydroxylation is 1. The molecule has 1 aromatic heterocycles. The molecule has 0 bridgehead atoms. The fraction of sp³-hybridized carbons (Fsp3) is 0.222. The number of hydrogen-bond acceptors (Lipinski definition) is 6. The van der Waals surface area contributed by atoms with Crippen LogP contribution in [0.5, 0.6) is 0 Å². The van der Waals surface area contributed by atoms with Crippen LogP contribution in [0.25, 0.3) is 5.69 Å². The first-order chi connectivity index (χ1) is 13.4. The summed E-state index contributed by atoms with van der Waals surface area (Å²) in [5.74, 6) is 0.504. The number of benzene rings is 2. The summed E-state index contributed by atoms with van der Waals surface area (Å²) in [7, 11) is -3.24. The number of aromatic nitrogens is 4. The lowest BCUT2D eigenvalue weighted by molar-refractivity contribution is 0.102. The number of anilines is 2. The Labute approximate surface area is 162 Å². The number of hydrogen-bond donors (Lipinski definition) is 1. The van der Waals surface area contributed by atoms with Gasteiger partial charge >= 0.3 is 0 Å². The molecule has 4 rings (SSSR count). The van der Waals surface area contributed by atoms with Gasteiger partial charge in [-0.3, -0.25) is 9.10 Å². The van der Waals surface area contributed by atoms with E-state index in [1.807, 2.05) is 6.07 Å². The van der Waals surface area contributed by atoms with Gasteiger partial charge in [0.2, 0.25) is 10.0 Å². The second-order valence-electron chi connectivity index (χ2n) is 6.43. The first-order valence-corrected chi connectivity index (χ1v) is 10.3. The predicted molar refractivity (Wildman–Crippen MR) is 104 cm³/mol. The molecule has 0 atom stereocenters. The van der Waals surface area contributed by atoms with Crippen LogP contribution in [0.15, 0.2) is 48.5 Å². The molecular weight excluding hydrogens is 380 g/mol. The fourth-order valence-electron chi connectivity index (χ4n) is 3.10. The first kappa shape index (κ1) is 18.1. The van der Waals surface area contributed by atoms with Gasteiger partial charge in [0.05, 0.1) is 17.1 Å². The van der Waals surface area contributed by atoms with E-state index >= 15 is 0 Å². The molecule has 9 nitrogen and oxygen atoms in total. The third kappa shape index (κ3) is 3.46. The highest BCUT2D eigenvalue weighted by molar-refractivity contribution is 7.93. The average molecular weight is 398 g/mol. The molecular formula is C18H18N6O3S. The Morgan fingerprint density at radius 2 is 1.89 bits per heavy atom. The van der Waals surface area contributed by atoms with Crippen molar-refractivity contribution in [2.45, 2.75) is 13.3 Å². The number of nitrogens with one attached hydrogen (secondary N) is 1. The van der Waals surface area contributed by atoms with Crippen molar-refractivity contribution in [3.05, 3.63) is 59.9 Å².